The quantitative estimate of drug-likeness (QED) is 0.577. The second kappa shape index (κ2) is 9.82. The molecule has 1 aromatic carbocycles. The van der Waals surface area contributed by atoms with Crippen LogP contribution in [0.4, 0.5) is 0 Å². The highest BCUT2D eigenvalue weighted by molar-refractivity contribution is 5.27. The summed E-state index contributed by atoms with van der Waals surface area (Å²) in [5.41, 5.74) is 1.38. The molecule has 0 aromatic heterocycles. The summed E-state index contributed by atoms with van der Waals surface area (Å²) < 4.78 is 11.3. The first-order valence-electron chi connectivity index (χ1n) is 7.87. The van der Waals surface area contributed by atoms with Gasteiger partial charge in [0.25, 0.3) is 0 Å². The maximum absolute atomic E-state index is 5.71. The summed E-state index contributed by atoms with van der Waals surface area (Å²) in [6, 6.07) is 8.46. The third-order valence-electron chi connectivity index (χ3n) is 3.11. The van der Waals surface area contributed by atoms with E-state index >= 15 is 0 Å². The Hall–Kier alpha value is -1.02. The van der Waals surface area contributed by atoms with Crippen molar-refractivity contribution in [2.75, 3.05) is 19.8 Å². The van der Waals surface area contributed by atoms with Crippen LogP contribution in [0.3, 0.4) is 0 Å². The summed E-state index contributed by atoms with van der Waals surface area (Å²) in [6.45, 7) is 11.3. The molecule has 20 heavy (non-hydrogen) atoms. The average Bonchev–Trinajstić information content (AvgIpc) is 2.38. The van der Waals surface area contributed by atoms with Gasteiger partial charge in [-0.05, 0) is 42.4 Å². The zero-order valence-electron chi connectivity index (χ0n) is 13.5. The molecule has 0 atom stereocenters. The van der Waals surface area contributed by atoms with E-state index in [4.69, 9.17) is 9.47 Å². The Morgan fingerprint density at radius 1 is 0.850 bits per heavy atom. The first-order chi connectivity index (χ1) is 9.58. The zero-order valence-corrected chi connectivity index (χ0v) is 13.5. The second-order valence-electron chi connectivity index (χ2n) is 6.24. The van der Waals surface area contributed by atoms with E-state index in [1.165, 1.54) is 5.56 Å². The minimum absolute atomic E-state index is 0.699. The van der Waals surface area contributed by atoms with Gasteiger partial charge < -0.3 is 9.47 Å². The van der Waals surface area contributed by atoms with Crippen LogP contribution >= 0.6 is 0 Å². The lowest BCUT2D eigenvalue weighted by molar-refractivity contribution is 0.110. The largest absolute Gasteiger partial charge is 0.494 e. The molecule has 2 nitrogen and oxygen atoms in total. The van der Waals surface area contributed by atoms with Gasteiger partial charge in [0.1, 0.15) is 5.75 Å². The van der Waals surface area contributed by atoms with E-state index < -0.39 is 0 Å². The maximum atomic E-state index is 5.71. The van der Waals surface area contributed by atoms with Crippen LogP contribution in [0.5, 0.6) is 5.75 Å². The summed E-state index contributed by atoms with van der Waals surface area (Å²) in [6.07, 6.45) is 3.22. The first kappa shape index (κ1) is 17.0. The molecule has 114 valence electrons. The normalized spacial score (nSPS) is 11.3. The highest BCUT2D eigenvalue weighted by Gasteiger charge is 1.99. The highest BCUT2D eigenvalue weighted by atomic mass is 16.5. The van der Waals surface area contributed by atoms with Gasteiger partial charge in [-0.1, -0.05) is 39.8 Å². The van der Waals surface area contributed by atoms with Gasteiger partial charge in [-0.25, -0.2) is 0 Å². The van der Waals surface area contributed by atoms with Crippen molar-refractivity contribution in [1.29, 1.82) is 0 Å². The van der Waals surface area contributed by atoms with Crippen LogP contribution in [0.25, 0.3) is 0 Å². The van der Waals surface area contributed by atoms with Gasteiger partial charge in [0, 0.05) is 19.6 Å². The molecular weight excluding hydrogens is 248 g/mol. The van der Waals surface area contributed by atoms with E-state index in [1.807, 2.05) is 0 Å². The van der Waals surface area contributed by atoms with Crippen molar-refractivity contribution in [3.8, 4) is 5.75 Å². The predicted octanol–water partition coefficient (Wildman–Crippen LogP) is 4.72. The van der Waals surface area contributed by atoms with E-state index in [-0.39, 0.29) is 0 Å². The molecule has 0 saturated carbocycles. The van der Waals surface area contributed by atoms with Crippen LogP contribution in [0, 0.1) is 11.8 Å². The van der Waals surface area contributed by atoms with E-state index in [9.17, 15) is 0 Å². The van der Waals surface area contributed by atoms with Crippen LogP contribution in [0.15, 0.2) is 24.3 Å². The van der Waals surface area contributed by atoms with E-state index in [1.54, 1.807) is 0 Å². The summed E-state index contributed by atoms with van der Waals surface area (Å²) >= 11 is 0. The molecule has 1 rings (SSSR count). The molecule has 0 aliphatic heterocycles. The van der Waals surface area contributed by atoms with Crippen molar-refractivity contribution < 1.29 is 9.47 Å². The smallest absolute Gasteiger partial charge is 0.119 e. The Morgan fingerprint density at radius 2 is 1.55 bits per heavy atom. The number of rotatable bonds is 10. The fourth-order valence-electron chi connectivity index (χ4n) is 1.97. The van der Waals surface area contributed by atoms with Crippen LogP contribution in [-0.2, 0) is 11.2 Å². The van der Waals surface area contributed by atoms with Crippen LogP contribution in [0.2, 0.25) is 0 Å². The molecule has 0 aliphatic rings. The molecule has 1 aromatic rings. The third-order valence-corrected chi connectivity index (χ3v) is 3.11. The molecule has 0 N–H and O–H groups in total. The van der Waals surface area contributed by atoms with Gasteiger partial charge >= 0.3 is 0 Å². The first-order valence-corrected chi connectivity index (χ1v) is 7.87. The molecule has 0 heterocycles. The highest BCUT2D eigenvalue weighted by Crippen LogP contribution is 2.15. The lowest BCUT2D eigenvalue weighted by atomic mass is 10.0. The number of ether oxygens (including phenoxy) is 2. The molecule has 0 radical (unpaired) electrons. The Morgan fingerprint density at radius 3 is 2.15 bits per heavy atom. The SMILES string of the molecule is CC(C)CCOCCCOc1ccc(CC(C)C)cc1. The summed E-state index contributed by atoms with van der Waals surface area (Å²) in [4.78, 5) is 0. The minimum atomic E-state index is 0.699. The van der Waals surface area contributed by atoms with E-state index in [0.29, 0.717) is 5.92 Å². The van der Waals surface area contributed by atoms with Crippen molar-refractivity contribution in [1.82, 2.24) is 0 Å². The molecule has 0 amide bonds. The molecule has 0 saturated heterocycles. The number of benzene rings is 1. The average molecular weight is 278 g/mol. The molecule has 0 aliphatic carbocycles. The van der Waals surface area contributed by atoms with Gasteiger partial charge in [-0.15, -0.1) is 0 Å². The third kappa shape index (κ3) is 8.21. The Bertz CT molecular complexity index is 341. The monoisotopic (exact) mass is 278 g/mol. The van der Waals surface area contributed by atoms with E-state index in [0.717, 1.165) is 50.8 Å². The van der Waals surface area contributed by atoms with Crippen LogP contribution in [0.1, 0.15) is 46.1 Å². The Balaban J connectivity index is 2.10. The molecular formula is C18H30O2. The Labute approximate surface area is 124 Å². The summed E-state index contributed by atoms with van der Waals surface area (Å²) in [5, 5.41) is 0. The number of hydrogen-bond acceptors (Lipinski definition) is 2. The van der Waals surface area contributed by atoms with Crippen molar-refractivity contribution in [3.63, 3.8) is 0 Å². The van der Waals surface area contributed by atoms with Crippen LogP contribution in [-0.4, -0.2) is 19.8 Å². The lowest BCUT2D eigenvalue weighted by Gasteiger charge is -2.09. The van der Waals surface area contributed by atoms with Crippen LogP contribution < -0.4 is 4.74 Å². The van der Waals surface area contributed by atoms with Crippen molar-refractivity contribution in [2.24, 2.45) is 11.8 Å². The Kier molecular flexibility index (Phi) is 8.36. The summed E-state index contributed by atoms with van der Waals surface area (Å²) in [7, 11) is 0. The van der Waals surface area contributed by atoms with Crippen molar-refractivity contribution >= 4 is 0 Å². The summed E-state index contributed by atoms with van der Waals surface area (Å²) in [5.74, 6) is 2.38. The fraction of sp³-hybridized carbons (Fsp3) is 0.667. The van der Waals surface area contributed by atoms with Crippen molar-refractivity contribution in [3.05, 3.63) is 29.8 Å². The topological polar surface area (TPSA) is 18.5 Å². The molecule has 0 spiro atoms. The zero-order chi connectivity index (χ0) is 14.8. The fourth-order valence-corrected chi connectivity index (χ4v) is 1.97. The van der Waals surface area contributed by atoms with E-state index in [2.05, 4.69) is 52.0 Å². The second-order valence-corrected chi connectivity index (χ2v) is 6.24. The van der Waals surface area contributed by atoms with Gasteiger partial charge in [-0.2, -0.15) is 0 Å². The van der Waals surface area contributed by atoms with Gasteiger partial charge in [0.15, 0.2) is 0 Å². The standard InChI is InChI=1S/C18H30O2/c1-15(2)10-13-19-11-5-12-20-18-8-6-17(7-9-18)14-16(3)4/h6-9,15-16H,5,10-14H2,1-4H3. The lowest BCUT2D eigenvalue weighted by Crippen LogP contribution is -2.05. The molecule has 0 fully saturated rings. The predicted molar refractivity (Wildman–Crippen MR) is 85.4 cm³/mol. The maximum Gasteiger partial charge on any atom is 0.119 e. The minimum Gasteiger partial charge on any atom is -0.494 e. The molecule has 2 heteroatoms. The molecule has 0 bridgehead atoms. The van der Waals surface area contributed by atoms with Gasteiger partial charge in [-0.3, -0.25) is 0 Å². The van der Waals surface area contributed by atoms with Gasteiger partial charge in [0.05, 0.1) is 6.61 Å². The van der Waals surface area contributed by atoms with Gasteiger partial charge in [0.2, 0.25) is 0 Å². The molecule has 0 unspecified atom stereocenters. The number of hydrogen-bond donors (Lipinski definition) is 0. The van der Waals surface area contributed by atoms with Crippen molar-refractivity contribution in [2.45, 2.75) is 47.0 Å².